The normalized spacial score (nSPS) is 27.7. The predicted molar refractivity (Wildman–Crippen MR) is 41.0 cm³/mol. The summed E-state index contributed by atoms with van der Waals surface area (Å²) in [5, 5.41) is 16.1. The zero-order valence-corrected chi connectivity index (χ0v) is 6.83. The molecule has 1 fully saturated rings. The van der Waals surface area contributed by atoms with Gasteiger partial charge in [0.2, 0.25) is 0 Å². The number of hydrogen-bond donors (Lipinski definition) is 1. The Morgan fingerprint density at radius 3 is 2.77 bits per heavy atom. The Kier molecular flexibility index (Phi) is 1.97. The highest BCUT2D eigenvalue weighted by Crippen LogP contribution is 2.25. The highest BCUT2D eigenvalue weighted by molar-refractivity contribution is 5.71. The summed E-state index contributed by atoms with van der Waals surface area (Å²) in [6, 6.07) is -0.174. The summed E-state index contributed by atoms with van der Waals surface area (Å²) in [5.41, 5.74) is 0. The number of carbonyl (C=O) groups is 1. The first-order valence-corrected chi connectivity index (χ1v) is 3.93. The molecule has 1 saturated heterocycles. The molecule has 0 aromatic carbocycles. The standard InChI is InChI=1S/C7H9N3O3/c11-7(12)5-1-13-2-6(5)10-3-8-9-4-10/h3-6H,1-2H2,(H,11,12). The van der Waals surface area contributed by atoms with Gasteiger partial charge in [-0.15, -0.1) is 10.2 Å². The van der Waals surface area contributed by atoms with E-state index in [1.54, 1.807) is 4.57 Å². The van der Waals surface area contributed by atoms with Gasteiger partial charge < -0.3 is 14.4 Å². The van der Waals surface area contributed by atoms with Crippen LogP contribution in [0.3, 0.4) is 0 Å². The van der Waals surface area contributed by atoms with Crippen molar-refractivity contribution >= 4 is 5.97 Å². The molecule has 6 nitrogen and oxygen atoms in total. The number of nitrogens with zero attached hydrogens (tertiary/aromatic N) is 3. The van der Waals surface area contributed by atoms with Crippen LogP contribution in [0.1, 0.15) is 6.04 Å². The van der Waals surface area contributed by atoms with Gasteiger partial charge in [-0.1, -0.05) is 0 Å². The molecule has 1 aliphatic heterocycles. The van der Waals surface area contributed by atoms with Crippen LogP contribution in [-0.2, 0) is 9.53 Å². The van der Waals surface area contributed by atoms with Crippen LogP contribution in [0.5, 0.6) is 0 Å². The molecule has 2 unspecified atom stereocenters. The third-order valence-corrected chi connectivity index (χ3v) is 2.19. The molecule has 1 aromatic heterocycles. The minimum Gasteiger partial charge on any atom is -0.481 e. The second kappa shape index (κ2) is 3.14. The van der Waals surface area contributed by atoms with Crippen molar-refractivity contribution in [3.05, 3.63) is 12.7 Å². The van der Waals surface area contributed by atoms with Gasteiger partial charge in [0.05, 0.1) is 19.3 Å². The highest BCUT2D eigenvalue weighted by atomic mass is 16.5. The average molecular weight is 183 g/mol. The summed E-state index contributed by atoms with van der Waals surface area (Å²) < 4.78 is 6.77. The third-order valence-electron chi connectivity index (χ3n) is 2.19. The molecule has 1 N–H and O–H groups in total. The van der Waals surface area contributed by atoms with Crippen molar-refractivity contribution in [1.82, 2.24) is 14.8 Å². The number of ether oxygens (including phenoxy) is 1. The average Bonchev–Trinajstić information content (AvgIpc) is 2.74. The van der Waals surface area contributed by atoms with Crippen molar-refractivity contribution in [2.75, 3.05) is 13.2 Å². The van der Waals surface area contributed by atoms with Gasteiger partial charge in [-0.05, 0) is 0 Å². The van der Waals surface area contributed by atoms with E-state index < -0.39 is 11.9 Å². The van der Waals surface area contributed by atoms with Crippen LogP contribution in [0.15, 0.2) is 12.7 Å². The van der Waals surface area contributed by atoms with E-state index in [1.807, 2.05) is 0 Å². The fourth-order valence-electron chi connectivity index (χ4n) is 1.45. The second-order valence-electron chi connectivity index (χ2n) is 2.96. The summed E-state index contributed by atoms with van der Waals surface area (Å²) in [7, 11) is 0. The Morgan fingerprint density at radius 2 is 2.15 bits per heavy atom. The molecule has 1 aliphatic rings. The molecule has 1 aromatic rings. The molecular weight excluding hydrogens is 174 g/mol. The van der Waals surface area contributed by atoms with Gasteiger partial charge in [-0.2, -0.15) is 0 Å². The summed E-state index contributed by atoms with van der Waals surface area (Å²) in [5.74, 6) is -1.33. The Labute approximate surface area is 74.1 Å². The summed E-state index contributed by atoms with van der Waals surface area (Å²) in [6.07, 6.45) is 3.02. The lowest BCUT2D eigenvalue weighted by Crippen LogP contribution is -2.24. The van der Waals surface area contributed by atoms with Gasteiger partial charge >= 0.3 is 5.97 Å². The number of aromatic nitrogens is 3. The van der Waals surface area contributed by atoms with E-state index in [-0.39, 0.29) is 12.6 Å². The number of aliphatic carboxylic acids is 1. The van der Waals surface area contributed by atoms with Gasteiger partial charge in [-0.25, -0.2) is 0 Å². The van der Waals surface area contributed by atoms with Crippen molar-refractivity contribution in [3.8, 4) is 0 Å². The number of carboxylic acid groups (broad SMARTS) is 1. The first kappa shape index (κ1) is 8.18. The molecule has 2 atom stereocenters. The minimum absolute atomic E-state index is 0.174. The number of rotatable bonds is 2. The lowest BCUT2D eigenvalue weighted by Gasteiger charge is -2.13. The van der Waals surface area contributed by atoms with E-state index in [0.717, 1.165) is 0 Å². The van der Waals surface area contributed by atoms with E-state index in [2.05, 4.69) is 10.2 Å². The maximum Gasteiger partial charge on any atom is 0.311 e. The molecule has 70 valence electrons. The van der Waals surface area contributed by atoms with Gasteiger partial charge in [0, 0.05) is 0 Å². The van der Waals surface area contributed by atoms with Crippen LogP contribution in [-0.4, -0.2) is 39.1 Å². The maximum atomic E-state index is 10.8. The topological polar surface area (TPSA) is 77.2 Å². The number of hydrogen-bond acceptors (Lipinski definition) is 4. The summed E-state index contributed by atoms with van der Waals surface area (Å²) >= 11 is 0. The monoisotopic (exact) mass is 183 g/mol. The Hall–Kier alpha value is -1.43. The van der Waals surface area contributed by atoms with E-state index in [0.29, 0.717) is 6.61 Å². The van der Waals surface area contributed by atoms with E-state index in [1.165, 1.54) is 12.7 Å². The van der Waals surface area contributed by atoms with Crippen LogP contribution >= 0.6 is 0 Å². The molecule has 0 bridgehead atoms. The Bertz CT molecular complexity index is 298. The molecule has 0 radical (unpaired) electrons. The van der Waals surface area contributed by atoms with Gasteiger partial charge in [-0.3, -0.25) is 4.79 Å². The van der Waals surface area contributed by atoms with E-state index >= 15 is 0 Å². The second-order valence-corrected chi connectivity index (χ2v) is 2.96. The Morgan fingerprint density at radius 1 is 1.46 bits per heavy atom. The van der Waals surface area contributed by atoms with E-state index in [4.69, 9.17) is 9.84 Å². The molecule has 0 spiro atoms. The van der Waals surface area contributed by atoms with Crippen molar-refractivity contribution in [1.29, 1.82) is 0 Å². The van der Waals surface area contributed by atoms with Gasteiger partial charge in [0.15, 0.2) is 0 Å². The molecular formula is C7H9N3O3. The predicted octanol–water partition coefficient (Wildman–Crippen LogP) is -0.450. The van der Waals surface area contributed by atoms with Gasteiger partial charge in [0.25, 0.3) is 0 Å². The molecule has 0 aliphatic carbocycles. The van der Waals surface area contributed by atoms with Crippen LogP contribution < -0.4 is 0 Å². The SMILES string of the molecule is O=C(O)C1COCC1n1cnnc1. The van der Waals surface area contributed by atoms with Crippen molar-refractivity contribution in [3.63, 3.8) is 0 Å². The van der Waals surface area contributed by atoms with Crippen LogP contribution in [0.2, 0.25) is 0 Å². The first-order chi connectivity index (χ1) is 6.29. The Balaban J connectivity index is 2.19. The number of carboxylic acids is 1. The summed E-state index contributed by atoms with van der Waals surface area (Å²) in [6.45, 7) is 0.674. The fraction of sp³-hybridized carbons (Fsp3) is 0.571. The third kappa shape index (κ3) is 1.40. The smallest absolute Gasteiger partial charge is 0.311 e. The first-order valence-electron chi connectivity index (χ1n) is 3.93. The van der Waals surface area contributed by atoms with Crippen LogP contribution in [0, 0.1) is 5.92 Å². The molecule has 0 amide bonds. The lowest BCUT2D eigenvalue weighted by atomic mass is 10.0. The fourth-order valence-corrected chi connectivity index (χ4v) is 1.45. The highest BCUT2D eigenvalue weighted by Gasteiger charge is 2.35. The van der Waals surface area contributed by atoms with Crippen molar-refractivity contribution in [2.24, 2.45) is 5.92 Å². The molecule has 0 saturated carbocycles. The quantitative estimate of drug-likeness (QED) is 0.672. The van der Waals surface area contributed by atoms with Crippen molar-refractivity contribution < 1.29 is 14.6 Å². The molecule has 13 heavy (non-hydrogen) atoms. The maximum absolute atomic E-state index is 10.8. The molecule has 2 heterocycles. The van der Waals surface area contributed by atoms with Gasteiger partial charge in [0.1, 0.15) is 18.6 Å². The van der Waals surface area contributed by atoms with E-state index in [9.17, 15) is 4.79 Å². The zero-order chi connectivity index (χ0) is 9.26. The minimum atomic E-state index is -0.837. The summed E-state index contributed by atoms with van der Waals surface area (Å²) in [4.78, 5) is 10.8. The van der Waals surface area contributed by atoms with Crippen molar-refractivity contribution in [2.45, 2.75) is 6.04 Å². The molecule has 2 rings (SSSR count). The lowest BCUT2D eigenvalue weighted by molar-refractivity contribution is -0.142. The zero-order valence-electron chi connectivity index (χ0n) is 6.83. The molecule has 6 heteroatoms. The van der Waals surface area contributed by atoms with Crippen LogP contribution in [0.25, 0.3) is 0 Å². The van der Waals surface area contributed by atoms with Crippen LogP contribution in [0.4, 0.5) is 0 Å². The largest absolute Gasteiger partial charge is 0.481 e.